The van der Waals surface area contributed by atoms with Crippen molar-refractivity contribution in [1.29, 1.82) is 0 Å². The molecular weight excluding hydrogens is 338 g/mol. The van der Waals surface area contributed by atoms with Gasteiger partial charge in [0, 0.05) is 35.8 Å². The molecule has 1 aliphatic heterocycles. The minimum atomic E-state index is 0.0757. The number of hydrogen-bond donors (Lipinski definition) is 1. The molecule has 1 amide bonds. The number of rotatable bonds is 3. The van der Waals surface area contributed by atoms with Gasteiger partial charge in [-0.3, -0.25) is 4.79 Å². The molecule has 1 fully saturated rings. The second-order valence-electron chi connectivity index (χ2n) is 6.33. The quantitative estimate of drug-likeness (QED) is 0.768. The average Bonchev–Trinajstić information content (AvgIpc) is 3.21. The molecule has 0 radical (unpaired) electrons. The molecule has 1 aromatic heterocycles. The third-order valence-electron chi connectivity index (χ3n) is 4.53. The maximum absolute atomic E-state index is 12.7. The number of anilines is 1. The lowest BCUT2D eigenvalue weighted by atomic mass is 10.1. The first-order valence-electron chi connectivity index (χ1n) is 8.28. The van der Waals surface area contributed by atoms with Gasteiger partial charge in [0.2, 0.25) is 0 Å². The summed E-state index contributed by atoms with van der Waals surface area (Å²) in [6.07, 6.45) is 0.858. The van der Waals surface area contributed by atoms with E-state index >= 15 is 0 Å². The van der Waals surface area contributed by atoms with Crippen molar-refractivity contribution in [3.63, 3.8) is 0 Å². The van der Waals surface area contributed by atoms with Gasteiger partial charge in [0.05, 0.1) is 0 Å². The summed E-state index contributed by atoms with van der Waals surface area (Å²) in [6, 6.07) is 13.6. The molecule has 0 saturated carbocycles. The lowest BCUT2D eigenvalue weighted by Crippen LogP contribution is -2.32. The fraction of sp³-hybridized carbons (Fsp3) is 0.263. The number of aryl methyl sites for hydroxylation is 1. The molecule has 2 aromatic carbocycles. The molecule has 25 heavy (non-hydrogen) atoms. The minimum Gasteiger partial charge on any atom is -0.423 e. The summed E-state index contributed by atoms with van der Waals surface area (Å²) in [7, 11) is 0. The number of benzene rings is 2. The molecule has 0 spiro atoms. The van der Waals surface area contributed by atoms with Crippen LogP contribution < -0.4 is 5.32 Å². The average molecular weight is 356 g/mol. The fourth-order valence-corrected chi connectivity index (χ4v) is 3.34. The van der Waals surface area contributed by atoms with E-state index in [2.05, 4.69) is 10.3 Å². The van der Waals surface area contributed by atoms with E-state index in [1.807, 2.05) is 42.2 Å². The molecule has 3 aromatic rings. The Bertz CT molecular complexity index is 937. The van der Waals surface area contributed by atoms with Gasteiger partial charge in [-0.2, -0.15) is 4.98 Å². The van der Waals surface area contributed by atoms with Gasteiger partial charge in [-0.25, -0.2) is 0 Å². The number of oxazole rings is 1. The fourth-order valence-electron chi connectivity index (χ4n) is 3.18. The van der Waals surface area contributed by atoms with Crippen molar-refractivity contribution in [2.45, 2.75) is 19.4 Å². The molecule has 1 atom stereocenters. The van der Waals surface area contributed by atoms with Gasteiger partial charge in [-0.1, -0.05) is 29.8 Å². The van der Waals surface area contributed by atoms with Crippen LogP contribution in [0.4, 0.5) is 6.01 Å². The molecule has 1 unspecified atom stereocenters. The van der Waals surface area contributed by atoms with Crippen LogP contribution >= 0.6 is 11.6 Å². The Hall–Kier alpha value is -2.53. The first-order valence-corrected chi connectivity index (χ1v) is 8.65. The summed E-state index contributed by atoms with van der Waals surface area (Å²) < 4.78 is 5.70. The number of nitrogens with zero attached hydrogens (tertiary/aromatic N) is 2. The van der Waals surface area contributed by atoms with Crippen molar-refractivity contribution in [2.75, 3.05) is 18.4 Å². The van der Waals surface area contributed by atoms with Crippen molar-refractivity contribution in [2.24, 2.45) is 0 Å². The summed E-state index contributed by atoms with van der Waals surface area (Å²) in [5.74, 6) is 0.0757. The Morgan fingerprint density at radius 1 is 1.32 bits per heavy atom. The highest BCUT2D eigenvalue weighted by atomic mass is 35.5. The van der Waals surface area contributed by atoms with Crippen molar-refractivity contribution in [1.82, 2.24) is 9.88 Å². The van der Waals surface area contributed by atoms with Gasteiger partial charge in [0.15, 0.2) is 5.58 Å². The SMILES string of the molecule is Cc1ccccc1C(=O)N1CCC(Nc2nc3ccc(Cl)cc3o2)C1. The zero-order valence-corrected chi connectivity index (χ0v) is 14.6. The smallest absolute Gasteiger partial charge is 0.295 e. The molecule has 1 aliphatic rings. The number of amides is 1. The Kier molecular flexibility index (Phi) is 4.09. The molecule has 2 heterocycles. The van der Waals surface area contributed by atoms with Gasteiger partial charge in [0.25, 0.3) is 11.9 Å². The van der Waals surface area contributed by atoms with Crippen molar-refractivity contribution in [3.05, 3.63) is 58.6 Å². The maximum Gasteiger partial charge on any atom is 0.295 e. The van der Waals surface area contributed by atoms with E-state index < -0.39 is 0 Å². The monoisotopic (exact) mass is 355 g/mol. The van der Waals surface area contributed by atoms with Gasteiger partial charge in [-0.15, -0.1) is 0 Å². The second-order valence-corrected chi connectivity index (χ2v) is 6.76. The zero-order valence-electron chi connectivity index (χ0n) is 13.8. The Morgan fingerprint density at radius 2 is 2.16 bits per heavy atom. The second kappa shape index (κ2) is 6.41. The number of nitrogens with one attached hydrogen (secondary N) is 1. The van der Waals surface area contributed by atoms with E-state index in [4.69, 9.17) is 16.0 Å². The molecule has 1 saturated heterocycles. The number of hydrogen-bond acceptors (Lipinski definition) is 4. The summed E-state index contributed by atoms with van der Waals surface area (Å²) in [5.41, 5.74) is 3.18. The Balaban J connectivity index is 1.45. The van der Waals surface area contributed by atoms with Crippen LogP contribution in [0, 0.1) is 6.92 Å². The molecule has 4 rings (SSSR count). The zero-order chi connectivity index (χ0) is 17.4. The summed E-state index contributed by atoms with van der Waals surface area (Å²) in [6.45, 7) is 3.31. The van der Waals surface area contributed by atoms with Crippen LogP contribution in [0.25, 0.3) is 11.1 Å². The normalized spacial score (nSPS) is 17.2. The van der Waals surface area contributed by atoms with Gasteiger partial charge < -0.3 is 14.6 Å². The number of carbonyl (C=O) groups excluding carboxylic acids is 1. The molecule has 6 heteroatoms. The number of likely N-dealkylation sites (tertiary alicyclic amines) is 1. The number of fused-ring (bicyclic) bond motifs is 1. The number of aromatic nitrogens is 1. The van der Waals surface area contributed by atoms with E-state index in [0.717, 1.165) is 29.6 Å². The largest absolute Gasteiger partial charge is 0.423 e. The van der Waals surface area contributed by atoms with E-state index in [1.54, 1.807) is 12.1 Å². The van der Waals surface area contributed by atoms with Crippen LogP contribution in [-0.2, 0) is 0 Å². The lowest BCUT2D eigenvalue weighted by molar-refractivity contribution is 0.0791. The Labute approximate surface area is 150 Å². The van der Waals surface area contributed by atoms with E-state index in [-0.39, 0.29) is 11.9 Å². The van der Waals surface area contributed by atoms with Crippen molar-refractivity contribution in [3.8, 4) is 0 Å². The third-order valence-corrected chi connectivity index (χ3v) is 4.76. The highest BCUT2D eigenvalue weighted by Crippen LogP contribution is 2.24. The minimum absolute atomic E-state index is 0.0757. The molecular formula is C19H18ClN3O2. The van der Waals surface area contributed by atoms with Crippen molar-refractivity contribution < 1.29 is 9.21 Å². The highest BCUT2D eigenvalue weighted by Gasteiger charge is 2.28. The first kappa shape index (κ1) is 16.0. The number of halogens is 1. The van der Waals surface area contributed by atoms with Crippen LogP contribution in [-0.4, -0.2) is 34.9 Å². The summed E-state index contributed by atoms with van der Waals surface area (Å²) in [5, 5.41) is 3.90. The van der Waals surface area contributed by atoms with Crippen LogP contribution in [0.1, 0.15) is 22.3 Å². The third kappa shape index (κ3) is 3.20. The van der Waals surface area contributed by atoms with Crippen LogP contribution in [0.15, 0.2) is 46.9 Å². The van der Waals surface area contributed by atoms with Gasteiger partial charge in [-0.05, 0) is 37.1 Å². The molecule has 5 nitrogen and oxygen atoms in total. The first-order chi connectivity index (χ1) is 12.1. The van der Waals surface area contributed by atoms with Crippen LogP contribution in [0.3, 0.4) is 0 Å². The summed E-state index contributed by atoms with van der Waals surface area (Å²) >= 11 is 5.97. The topological polar surface area (TPSA) is 58.4 Å². The van der Waals surface area contributed by atoms with Crippen LogP contribution in [0.5, 0.6) is 0 Å². The van der Waals surface area contributed by atoms with Gasteiger partial charge >= 0.3 is 0 Å². The molecule has 0 aliphatic carbocycles. The summed E-state index contributed by atoms with van der Waals surface area (Å²) in [4.78, 5) is 19.0. The van der Waals surface area contributed by atoms with Crippen molar-refractivity contribution >= 4 is 34.6 Å². The molecule has 1 N–H and O–H groups in total. The standard InChI is InChI=1S/C19H18ClN3O2/c1-12-4-2-3-5-15(12)18(24)23-9-8-14(11-23)21-19-22-16-7-6-13(20)10-17(16)25-19/h2-7,10,14H,8-9,11H2,1H3,(H,21,22). The highest BCUT2D eigenvalue weighted by molar-refractivity contribution is 6.31. The van der Waals surface area contributed by atoms with E-state index in [9.17, 15) is 4.79 Å². The number of carbonyl (C=O) groups is 1. The van der Waals surface area contributed by atoms with Crippen LogP contribution in [0.2, 0.25) is 5.02 Å². The predicted octanol–water partition coefficient (Wildman–Crippen LogP) is 4.12. The van der Waals surface area contributed by atoms with E-state index in [0.29, 0.717) is 23.2 Å². The predicted molar refractivity (Wildman–Crippen MR) is 98.1 cm³/mol. The Morgan fingerprint density at radius 3 is 3.00 bits per heavy atom. The van der Waals surface area contributed by atoms with E-state index in [1.165, 1.54) is 0 Å². The maximum atomic E-state index is 12.7. The lowest BCUT2D eigenvalue weighted by Gasteiger charge is -2.17. The molecule has 128 valence electrons. The van der Waals surface area contributed by atoms with Gasteiger partial charge in [0.1, 0.15) is 5.52 Å². The molecule has 0 bridgehead atoms.